The van der Waals surface area contributed by atoms with Crippen LogP contribution in [0.15, 0.2) is 12.1 Å². The van der Waals surface area contributed by atoms with Crippen molar-refractivity contribution in [1.82, 2.24) is 4.98 Å². The number of nitrogen functional groups attached to an aromatic ring is 1. The minimum Gasteiger partial charge on any atom is -0.464 e. The largest absolute Gasteiger partial charge is 0.464 e. The van der Waals surface area contributed by atoms with E-state index in [1.807, 2.05) is 0 Å². The van der Waals surface area contributed by atoms with Crippen LogP contribution in [0.1, 0.15) is 16.9 Å². The Kier molecular flexibility index (Phi) is 7.38. The topological polar surface area (TPSA) is 95.7 Å². The molecule has 3 N–H and O–H groups in total. The van der Waals surface area contributed by atoms with Crippen LogP contribution in [0.5, 0.6) is 0 Å². The number of ether oxygens (including phenoxy) is 3. The van der Waals surface area contributed by atoms with Crippen molar-refractivity contribution in [3.8, 4) is 0 Å². The third-order valence-corrected chi connectivity index (χ3v) is 2.51. The lowest BCUT2D eigenvalue weighted by Gasteiger charge is -2.09. The molecule has 0 saturated carbocycles. The maximum atomic E-state index is 11.4. The summed E-state index contributed by atoms with van der Waals surface area (Å²) in [5, 5.41) is 3.07. The van der Waals surface area contributed by atoms with Crippen molar-refractivity contribution in [3.63, 3.8) is 0 Å². The lowest BCUT2D eigenvalue weighted by molar-refractivity contribution is 0.0594. The van der Waals surface area contributed by atoms with Crippen LogP contribution < -0.4 is 11.1 Å². The third-order valence-electron chi connectivity index (χ3n) is 2.51. The van der Waals surface area contributed by atoms with Crippen LogP contribution in [0, 0.1) is 0 Å². The van der Waals surface area contributed by atoms with Crippen molar-refractivity contribution < 1.29 is 19.0 Å². The molecule has 0 radical (unpaired) electrons. The first kappa shape index (κ1) is 16.2. The maximum Gasteiger partial charge on any atom is 0.356 e. The minimum absolute atomic E-state index is 0.223. The number of pyridine rings is 1. The summed E-state index contributed by atoms with van der Waals surface area (Å²) in [6, 6.07) is 3.15. The molecule has 0 aliphatic rings. The predicted molar refractivity (Wildman–Crippen MR) is 75.8 cm³/mol. The van der Waals surface area contributed by atoms with Gasteiger partial charge in [-0.1, -0.05) is 0 Å². The van der Waals surface area contributed by atoms with Gasteiger partial charge in [-0.25, -0.2) is 9.78 Å². The van der Waals surface area contributed by atoms with Crippen molar-refractivity contribution in [2.45, 2.75) is 6.42 Å². The van der Waals surface area contributed by atoms with Gasteiger partial charge in [-0.3, -0.25) is 0 Å². The summed E-state index contributed by atoms with van der Waals surface area (Å²) in [6.07, 6.45) is 0.799. The van der Waals surface area contributed by atoms with Gasteiger partial charge in [0.15, 0.2) is 5.69 Å². The molecule has 7 heteroatoms. The van der Waals surface area contributed by atoms with Crippen LogP contribution in [0.3, 0.4) is 0 Å². The first-order chi connectivity index (χ1) is 9.69. The molecule has 1 aromatic heterocycles. The fourth-order valence-electron chi connectivity index (χ4n) is 1.46. The van der Waals surface area contributed by atoms with Crippen LogP contribution in [0.25, 0.3) is 0 Å². The SMILES string of the molecule is COCCOCCCNc1nc(C(=O)OC)ccc1N. The number of hydrogen-bond acceptors (Lipinski definition) is 7. The summed E-state index contributed by atoms with van der Waals surface area (Å²) >= 11 is 0. The molecule has 0 saturated heterocycles. The Balaban J connectivity index is 2.37. The number of methoxy groups -OCH3 is 2. The zero-order valence-electron chi connectivity index (χ0n) is 11.8. The Morgan fingerprint density at radius 3 is 2.80 bits per heavy atom. The van der Waals surface area contributed by atoms with Gasteiger partial charge < -0.3 is 25.3 Å². The molecule has 0 fully saturated rings. The van der Waals surface area contributed by atoms with Crippen molar-refractivity contribution in [3.05, 3.63) is 17.8 Å². The molecule has 0 unspecified atom stereocenters. The number of nitrogens with zero attached hydrogens (tertiary/aromatic N) is 1. The number of hydrogen-bond donors (Lipinski definition) is 2. The average molecular weight is 283 g/mol. The number of nitrogens with one attached hydrogen (secondary N) is 1. The highest BCUT2D eigenvalue weighted by molar-refractivity contribution is 5.88. The molecular formula is C13H21N3O4. The molecule has 0 bridgehead atoms. The lowest BCUT2D eigenvalue weighted by atomic mass is 10.3. The normalized spacial score (nSPS) is 10.3. The maximum absolute atomic E-state index is 11.4. The Morgan fingerprint density at radius 2 is 2.10 bits per heavy atom. The first-order valence-corrected chi connectivity index (χ1v) is 6.34. The Hall–Kier alpha value is -1.86. The van der Waals surface area contributed by atoms with E-state index in [9.17, 15) is 4.79 Å². The quantitative estimate of drug-likeness (QED) is 0.514. The van der Waals surface area contributed by atoms with Crippen LogP contribution in [0.4, 0.5) is 11.5 Å². The Labute approximate surface area is 118 Å². The van der Waals surface area contributed by atoms with Gasteiger partial charge in [-0.15, -0.1) is 0 Å². The van der Waals surface area contributed by atoms with Gasteiger partial charge in [0.25, 0.3) is 0 Å². The molecule has 0 aliphatic heterocycles. The molecule has 1 aromatic rings. The highest BCUT2D eigenvalue weighted by atomic mass is 16.5. The molecule has 1 rings (SSSR count). The summed E-state index contributed by atoms with van der Waals surface area (Å²) in [7, 11) is 2.94. The molecule has 1 heterocycles. The first-order valence-electron chi connectivity index (χ1n) is 6.34. The van der Waals surface area contributed by atoms with Crippen molar-refractivity contribution in [2.75, 3.05) is 51.6 Å². The second kappa shape index (κ2) is 9.11. The van der Waals surface area contributed by atoms with Gasteiger partial charge >= 0.3 is 5.97 Å². The minimum atomic E-state index is -0.490. The number of carbonyl (C=O) groups excluding carboxylic acids is 1. The highest BCUT2D eigenvalue weighted by Crippen LogP contribution is 2.16. The van der Waals surface area contributed by atoms with Crippen LogP contribution in [0.2, 0.25) is 0 Å². The number of anilines is 2. The van der Waals surface area contributed by atoms with E-state index in [1.165, 1.54) is 13.2 Å². The van der Waals surface area contributed by atoms with E-state index in [4.69, 9.17) is 15.2 Å². The number of aromatic nitrogens is 1. The number of nitrogens with two attached hydrogens (primary N) is 1. The molecule has 7 nitrogen and oxygen atoms in total. The van der Waals surface area contributed by atoms with Crippen molar-refractivity contribution in [1.29, 1.82) is 0 Å². The zero-order chi connectivity index (χ0) is 14.8. The number of rotatable bonds is 9. The summed E-state index contributed by atoms with van der Waals surface area (Å²) in [6.45, 7) is 2.43. The summed E-state index contributed by atoms with van der Waals surface area (Å²) in [5.41, 5.74) is 6.49. The highest BCUT2D eigenvalue weighted by Gasteiger charge is 2.09. The third kappa shape index (κ3) is 5.41. The van der Waals surface area contributed by atoms with Crippen LogP contribution in [-0.4, -0.2) is 51.5 Å². The van der Waals surface area contributed by atoms with Gasteiger partial charge in [0, 0.05) is 20.3 Å². The van der Waals surface area contributed by atoms with Gasteiger partial charge in [-0.2, -0.15) is 0 Å². The van der Waals surface area contributed by atoms with Gasteiger partial charge in [0.1, 0.15) is 5.82 Å². The van der Waals surface area contributed by atoms with E-state index in [0.29, 0.717) is 37.9 Å². The Bertz CT molecular complexity index is 426. The fourth-order valence-corrected chi connectivity index (χ4v) is 1.46. The molecule has 0 atom stereocenters. The number of esters is 1. The van der Waals surface area contributed by atoms with E-state index < -0.39 is 5.97 Å². The monoisotopic (exact) mass is 283 g/mol. The fraction of sp³-hybridized carbons (Fsp3) is 0.538. The molecule has 0 amide bonds. The van der Waals surface area contributed by atoms with E-state index in [1.54, 1.807) is 13.2 Å². The lowest BCUT2D eigenvalue weighted by Crippen LogP contribution is -2.12. The van der Waals surface area contributed by atoms with Crippen molar-refractivity contribution in [2.24, 2.45) is 0 Å². The zero-order valence-corrected chi connectivity index (χ0v) is 11.8. The van der Waals surface area contributed by atoms with E-state index >= 15 is 0 Å². The second-order valence-electron chi connectivity index (χ2n) is 4.01. The summed E-state index contributed by atoms with van der Waals surface area (Å²) in [5.74, 6) is -0.0132. The smallest absolute Gasteiger partial charge is 0.356 e. The van der Waals surface area contributed by atoms with Crippen molar-refractivity contribution >= 4 is 17.5 Å². The van der Waals surface area contributed by atoms with E-state index in [0.717, 1.165) is 6.42 Å². The summed E-state index contributed by atoms with van der Waals surface area (Å²) < 4.78 is 14.8. The molecule has 0 aromatic carbocycles. The van der Waals surface area contributed by atoms with Crippen LogP contribution >= 0.6 is 0 Å². The van der Waals surface area contributed by atoms with E-state index in [-0.39, 0.29) is 5.69 Å². The standard InChI is InChI=1S/C13H21N3O4/c1-18-8-9-20-7-3-6-15-12-10(14)4-5-11(16-12)13(17)19-2/h4-5H,3,6-9,14H2,1-2H3,(H,15,16). The van der Waals surface area contributed by atoms with Gasteiger partial charge in [-0.05, 0) is 18.6 Å². The van der Waals surface area contributed by atoms with Crippen LogP contribution in [-0.2, 0) is 14.2 Å². The predicted octanol–water partition coefficient (Wildman–Crippen LogP) is 0.915. The molecule has 20 heavy (non-hydrogen) atoms. The summed E-state index contributed by atoms with van der Waals surface area (Å²) in [4.78, 5) is 15.5. The molecular weight excluding hydrogens is 262 g/mol. The van der Waals surface area contributed by atoms with Gasteiger partial charge in [0.2, 0.25) is 0 Å². The Morgan fingerprint density at radius 1 is 1.30 bits per heavy atom. The van der Waals surface area contributed by atoms with E-state index in [2.05, 4.69) is 15.0 Å². The number of carbonyl (C=O) groups is 1. The second-order valence-corrected chi connectivity index (χ2v) is 4.01. The molecule has 0 aliphatic carbocycles. The molecule has 112 valence electrons. The van der Waals surface area contributed by atoms with Gasteiger partial charge in [0.05, 0.1) is 26.0 Å². The average Bonchev–Trinajstić information content (AvgIpc) is 2.47. The molecule has 0 spiro atoms.